The minimum atomic E-state index is -4.59. The Labute approximate surface area is 152 Å². The van der Waals surface area contributed by atoms with Crippen molar-refractivity contribution in [1.82, 2.24) is 9.71 Å². The van der Waals surface area contributed by atoms with Gasteiger partial charge in [0.25, 0.3) is 0 Å². The van der Waals surface area contributed by atoms with Crippen molar-refractivity contribution in [2.24, 2.45) is 0 Å². The molecule has 1 aromatic carbocycles. The van der Waals surface area contributed by atoms with E-state index in [1.807, 2.05) is 6.07 Å². The molecule has 0 aliphatic heterocycles. The molecule has 2 rings (SSSR count). The topological polar surface area (TPSA) is 68.7 Å². The molecule has 8 heteroatoms. The first-order valence-corrected chi connectivity index (χ1v) is 8.87. The number of benzene rings is 1. The summed E-state index contributed by atoms with van der Waals surface area (Å²) in [5.41, 5.74) is 1.95. The fourth-order valence-corrected chi connectivity index (χ4v) is 3.40. The molecule has 1 aromatic heterocycles. The van der Waals surface area contributed by atoms with E-state index in [9.17, 15) is 17.4 Å². The smallest absolute Gasteiger partial charge is 0.361 e. The van der Waals surface area contributed by atoms with Crippen LogP contribution in [0.2, 0.25) is 0 Å². The van der Waals surface area contributed by atoms with E-state index in [0.29, 0.717) is 32.5 Å². The van der Waals surface area contributed by atoms with E-state index in [-0.39, 0.29) is 0 Å². The summed E-state index contributed by atoms with van der Waals surface area (Å²) in [5.74, 6) is 0. The van der Waals surface area contributed by atoms with Crippen LogP contribution in [-0.2, 0) is 17.4 Å². The first kappa shape index (κ1) is 19.9. The van der Waals surface area contributed by atoms with E-state index < -0.39 is 29.6 Å². The van der Waals surface area contributed by atoms with Crippen LogP contribution in [-0.4, -0.2) is 21.4 Å². The van der Waals surface area contributed by atoms with E-state index >= 15 is 0 Å². The lowest BCUT2D eigenvalue weighted by molar-refractivity contribution is -0.150. The summed E-state index contributed by atoms with van der Waals surface area (Å²) >= 11 is 0. The predicted octanol–water partition coefficient (Wildman–Crippen LogP) is 4.25. The Morgan fingerprint density at radius 2 is 2.15 bits per heavy atom. The molecule has 2 aromatic rings. The molecule has 1 heterocycles. The lowest BCUT2D eigenvalue weighted by Crippen LogP contribution is -2.44. The number of nitrogens with zero attached hydrogens (tertiary/aromatic N) is 1. The minimum absolute atomic E-state index is 0.292. The molecule has 4 nitrogen and oxygen atoms in total. The number of aromatic amines is 1. The molecular formula is C18H18F3N3OS. The third kappa shape index (κ3) is 4.42. The monoisotopic (exact) mass is 381 g/mol. The Balaban J connectivity index is 2.34. The maximum absolute atomic E-state index is 13.5. The Morgan fingerprint density at radius 1 is 1.46 bits per heavy atom. The second-order valence-corrected chi connectivity index (χ2v) is 7.20. The average Bonchev–Trinajstić information content (AvgIpc) is 3.00. The molecule has 0 spiro atoms. The second-order valence-electron chi connectivity index (χ2n) is 5.81. The fraction of sp³-hybridized carbons (Fsp3) is 0.278. The van der Waals surface area contributed by atoms with E-state index in [2.05, 4.69) is 16.3 Å². The molecule has 0 bridgehead atoms. The van der Waals surface area contributed by atoms with Gasteiger partial charge in [0, 0.05) is 22.0 Å². The van der Waals surface area contributed by atoms with Crippen LogP contribution in [0.5, 0.6) is 0 Å². The summed E-state index contributed by atoms with van der Waals surface area (Å²) < 4.78 is 54.8. The Morgan fingerprint density at radius 3 is 2.73 bits per heavy atom. The Hall–Kier alpha value is -2.37. The van der Waals surface area contributed by atoms with Crippen molar-refractivity contribution in [2.45, 2.75) is 32.5 Å². The van der Waals surface area contributed by atoms with Crippen molar-refractivity contribution >= 4 is 21.9 Å². The first-order valence-electron chi connectivity index (χ1n) is 7.72. The highest BCUT2D eigenvalue weighted by atomic mass is 32.2. The van der Waals surface area contributed by atoms with Crippen molar-refractivity contribution in [3.63, 3.8) is 0 Å². The first-order chi connectivity index (χ1) is 12.2. The zero-order valence-corrected chi connectivity index (χ0v) is 15.1. The number of nitrogens with one attached hydrogen (secondary N) is 2. The van der Waals surface area contributed by atoms with Gasteiger partial charge in [-0.3, -0.25) is 0 Å². The molecular weight excluding hydrogens is 363 g/mol. The summed E-state index contributed by atoms with van der Waals surface area (Å²) in [6.07, 6.45) is -2.08. The van der Waals surface area contributed by atoms with Gasteiger partial charge in [-0.05, 0) is 49.6 Å². The van der Waals surface area contributed by atoms with Crippen LogP contribution >= 0.6 is 0 Å². The maximum atomic E-state index is 13.5. The van der Waals surface area contributed by atoms with Crippen LogP contribution < -0.4 is 4.72 Å². The van der Waals surface area contributed by atoms with Gasteiger partial charge in [-0.2, -0.15) is 18.4 Å². The molecule has 2 unspecified atom stereocenters. The lowest BCUT2D eigenvalue weighted by Gasteiger charge is -2.21. The number of allylic oxidation sites excluding steroid dienone is 3. The fourth-order valence-electron chi connectivity index (χ4n) is 2.37. The predicted molar refractivity (Wildman–Crippen MR) is 96.4 cm³/mol. The van der Waals surface area contributed by atoms with E-state index in [0.717, 1.165) is 0 Å². The van der Waals surface area contributed by atoms with Gasteiger partial charge in [0.2, 0.25) is 0 Å². The second kappa shape index (κ2) is 7.89. The van der Waals surface area contributed by atoms with Crippen LogP contribution in [0.15, 0.2) is 47.5 Å². The van der Waals surface area contributed by atoms with Gasteiger partial charge in [0.1, 0.15) is 17.0 Å². The number of hydrogen-bond donors (Lipinski definition) is 2. The summed E-state index contributed by atoms with van der Waals surface area (Å²) in [6.45, 7) is 6.66. The van der Waals surface area contributed by atoms with Crippen molar-refractivity contribution in [3.8, 4) is 6.07 Å². The van der Waals surface area contributed by atoms with Gasteiger partial charge >= 0.3 is 6.18 Å². The van der Waals surface area contributed by atoms with E-state index in [4.69, 9.17) is 5.26 Å². The SMILES string of the molecule is C=C/C(C)=C(\C)S(=O)NC(Cc1c[nH]c2ccc(C#N)cc12)C(F)(F)F. The Kier molecular flexibility index (Phi) is 6.05. The summed E-state index contributed by atoms with van der Waals surface area (Å²) in [4.78, 5) is 3.19. The number of rotatable bonds is 6. The lowest BCUT2D eigenvalue weighted by atomic mass is 10.0. The third-order valence-electron chi connectivity index (χ3n) is 4.10. The van der Waals surface area contributed by atoms with Crippen molar-refractivity contribution in [1.29, 1.82) is 5.26 Å². The zero-order valence-electron chi connectivity index (χ0n) is 14.3. The largest absolute Gasteiger partial charge is 0.405 e. The third-order valence-corrected chi connectivity index (χ3v) is 5.48. The quantitative estimate of drug-likeness (QED) is 0.735. The van der Waals surface area contributed by atoms with Gasteiger partial charge < -0.3 is 4.98 Å². The number of nitriles is 1. The normalized spacial score (nSPS) is 15.2. The van der Waals surface area contributed by atoms with Crippen LogP contribution in [0.3, 0.4) is 0 Å². The van der Waals surface area contributed by atoms with Crippen LogP contribution in [0.1, 0.15) is 25.0 Å². The molecule has 0 saturated heterocycles. The number of halogens is 3. The van der Waals surface area contributed by atoms with Gasteiger partial charge in [0.05, 0.1) is 11.6 Å². The molecule has 0 aliphatic carbocycles. The summed E-state index contributed by atoms with van der Waals surface area (Å²) in [5, 5.41) is 9.53. The van der Waals surface area contributed by atoms with Crippen LogP contribution in [0, 0.1) is 11.3 Å². The number of aromatic nitrogens is 1. The highest BCUT2D eigenvalue weighted by Crippen LogP contribution is 2.28. The summed E-state index contributed by atoms with van der Waals surface area (Å²) in [7, 11) is -2.00. The van der Waals surface area contributed by atoms with Crippen molar-refractivity contribution in [3.05, 3.63) is 58.7 Å². The molecule has 26 heavy (non-hydrogen) atoms. The van der Waals surface area contributed by atoms with Gasteiger partial charge in [0.15, 0.2) is 0 Å². The molecule has 0 radical (unpaired) electrons. The molecule has 0 saturated carbocycles. The molecule has 0 aliphatic rings. The van der Waals surface area contributed by atoms with Crippen molar-refractivity contribution < 1.29 is 17.4 Å². The molecule has 0 amide bonds. The summed E-state index contributed by atoms with van der Waals surface area (Å²) in [6, 6.07) is 4.74. The number of H-pyrrole nitrogens is 1. The van der Waals surface area contributed by atoms with Gasteiger partial charge in [-0.1, -0.05) is 12.7 Å². The molecule has 0 fully saturated rings. The molecule has 2 atom stereocenters. The highest BCUT2D eigenvalue weighted by Gasteiger charge is 2.41. The van der Waals surface area contributed by atoms with Gasteiger partial charge in [-0.15, -0.1) is 0 Å². The Bertz CT molecular complexity index is 922. The average molecular weight is 381 g/mol. The number of alkyl halides is 3. The highest BCUT2D eigenvalue weighted by molar-refractivity contribution is 7.87. The molecule has 138 valence electrons. The van der Waals surface area contributed by atoms with E-state index in [1.54, 1.807) is 25.1 Å². The standard InChI is InChI=1S/C18H18F3N3OS/c1-4-11(2)12(3)26(25)24-17(18(19,20)21)8-14-10-23-16-6-5-13(9-22)7-15(14)16/h4-7,10,17,23-24H,1,8H2,2-3H3/b12-11+. The van der Waals surface area contributed by atoms with Gasteiger partial charge in [-0.25, -0.2) is 8.93 Å². The van der Waals surface area contributed by atoms with E-state index in [1.165, 1.54) is 19.2 Å². The number of hydrogen-bond acceptors (Lipinski definition) is 2. The maximum Gasteiger partial charge on any atom is 0.405 e. The van der Waals surface area contributed by atoms with Crippen LogP contribution in [0.4, 0.5) is 13.2 Å². The number of fused-ring (bicyclic) bond motifs is 1. The zero-order chi connectivity index (χ0) is 19.5. The molecule has 2 N–H and O–H groups in total. The van der Waals surface area contributed by atoms with Crippen molar-refractivity contribution in [2.75, 3.05) is 0 Å². The van der Waals surface area contributed by atoms with Crippen LogP contribution in [0.25, 0.3) is 10.9 Å². The minimum Gasteiger partial charge on any atom is -0.361 e.